The maximum Gasteiger partial charge on any atom is 0.263 e. The molecule has 2 heterocycles. The van der Waals surface area contributed by atoms with Crippen molar-refractivity contribution in [3.63, 3.8) is 0 Å². The molecule has 1 fully saturated rings. The van der Waals surface area contributed by atoms with Crippen LogP contribution in [0.25, 0.3) is 11.3 Å². The molecule has 1 aliphatic heterocycles. The van der Waals surface area contributed by atoms with Crippen LogP contribution in [0.1, 0.15) is 50.6 Å². The second-order valence-electron chi connectivity index (χ2n) is 13.1. The van der Waals surface area contributed by atoms with Gasteiger partial charge in [0.25, 0.3) is 10.0 Å². The summed E-state index contributed by atoms with van der Waals surface area (Å²) in [5.74, 6) is -1.34. The first-order chi connectivity index (χ1) is 26.5. The lowest BCUT2D eigenvalue weighted by atomic mass is 10.1. The molecule has 2 aromatic carbocycles. The molecule has 1 saturated carbocycles. The molecule has 0 radical (unpaired) electrons. The van der Waals surface area contributed by atoms with Crippen LogP contribution in [0.15, 0.2) is 64.6 Å². The van der Waals surface area contributed by atoms with E-state index in [0.29, 0.717) is 29.8 Å². The number of hydrogen-bond donors (Lipinski definition) is 5. The average Bonchev–Trinajstić information content (AvgIpc) is 3.82. The first kappa shape index (κ1) is 40.8. The lowest BCUT2D eigenvalue weighted by molar-refractivity contribution is -0.131. The third-order valence-corrected chi connectivity index (χ3v) is 10.3. The van der Waals surface area contributed by atoms with E-state index < -0.39 is 52.5 Å². The van der Waals surface area contributed by atoms with Crippen molar-refractivity contribution in [1.82, 2.24) is 35.7 Å². The van der Waals surface area contributed by atoms with Gasteiger partial charge in [-0.25, -0.2) is 13.1 Å². The molecule has 18 nitrogen and oxygen atoms in total. The fraction of sp³-hybridized carbons (Fsp3) is 0.472. The molecule has 3 unspecified atom stereocenters. The summed E-state index contributed by atoms with van der Waals surface area (Å²) in [6.07, 6.45) is 5.31. The van der Waals surface area contributed by atoms with Crippen molar-refractivity contribution in [2.75, 3.05) is 46.6 Å². The Kier molecular flexibility index (Phi) is 14.3. The number of hydrogen-bond acceptors (Lipinski definition) is 12. The summed E-state index contributed by atoms with van der Waals surface area (Å²) >= 11 is 0. The number of aliphatic imine (C=N–C) groups is 1. The number of ether oxygens (including phenoxy) is 3. The zero-order valence-electron chi connectivity index (χ0n) is 30.7. The molecule has 1 aromatic heterocycles. The molecule has 4 amide bonds. The van der Waals surface area contributed by atoms with Gasteiger partial charge < -0.3 is 35.9 Å². The zero-order chi connectivity index (χ0) is 39.4. The quantitative estimate of drug-likeness (QED) is 0.0876. The highest BCUT2D eigenvalue weighted by Crippen LogP contribution is 2.40. The lowest BCUT2D eigenvalue weighted by Crippen LogP contribution is -2.53. The SMILES string of the molecule is CCCCC(N=C1NS(=O)(=O)c2ccccc21)C(=O)NCC(NC(=O)COCCOCCNC(=O)C(C1CC1)n1cc(-c2cccc(OC)c2)nn1)C(N)=O. The van der Waals surface area contributed by atoms with Crippen LogP contribution in [0.4, 0.5) is 0 Å². The number of nitrogens with two attached hydrogens (primary N) is 1. The highest BCUT2D eigenvalue weighted by molar-refractivity contribution is 7.90. The smallest absolute Gasteiger partial charge is 0.263 e. The van der Waals surface area contributed by atoms with Crippen LogP contribution in [-0.2, 0) is 38.7 Å². The topological polar surface area (TPSA) is 247 Å². The first-order valence-corrected chi connectivity index (χ1v) is 19.5. The number of amidine groups is 1. The molecule has 5 rings (SSSR count). The highest BCUT2D eigenvalue weighted by Gasteiger charge is 2.38. The fourth-order valence-electron chi connectivity index (χ4n) is 5.84. The second-order valence-corrected chi connectivity index (χ2v) is 14.7. The molecule has 3 atom stereocenters. The van der Waals surface area contributed by atoms with E-state index in [1.165, 1.54) is 6.07 Å². The van der Waals surface area contributed by atoms with Gasteiger partial charge in [0, 0.05) is 24.2 Å². The Bertz CT molecular complexity index is 1970. The van der Waals surface area contributed by atoms with Gasteiger partial charge in [0.15, 0.2) is 0 Å². The van der Waals surface area contributed by atoms with Gasteiger partial charge in [-0.3, -0.25) is 28.9 Å². The van der Waals surface area contributed by atoms with Crippen molar-refractivity contribution in [3.8, 4) is 17.0 Å². The molecule has 2 aliphatic rings. The first-order valence-electron chi connectivity index (χ1n) is 18.1. The van der Waals surface area contributed by atoms with Crippen LogP contribution >= 0.6 is 0 Å². The summed E-state index contributed by atoms with van der Waals surface area (Å²) in [5, 5.41) is 16.4. The van der Waals surface area contributed by atoms with Crippen LogP contribution in [0.3, 0.4) is 0 Å². The van der Waals surface area contributed by atoms with Crippen molar-refractivity contribution in [2.45, 2.75) is 62.0 Å². The maximum absolute atomic E-state index is 13.1. The minimum absolute atomic E-state index is 0.0579. The van der Waals surface area contributed by atoms with Crippen LogP contribution in [0, 0.1) is 5.92 Å². The van der Waals surface area contributed by atoms with E-state index in [4.69, 9.17) is 19.9 Å². The summed E-state index contributed by atoms with van der Waals surface area (Å²) in [6, 6.07) is 11.1. The van der Waals surface area contributed by atoms with Crippen LogP contribution in [0.2, 0.25) is 0 Å². The van der Waals surface area contributed by atoms with Gasteiger partial charge in [0.1, 0.15) is 42.0 Å². The Morgan fingerprint density at radius 3 is 2.56 bits per heavy atom. The predicted molar refractivity (Wildman–Crippen MR) is 199 cm³/mol. The molecular formula is C36H47N9O9S. The van der Waals surface area contributed by atoms with Crippen LogP contribution < -0.4 is 31.1 Å². The number of carbonyl (C=O) groups is 4. The molecule has 1 aliphatic carbocycles. The summed E-state index contributed by atoms with van der Waals surface area (Å²) in [4.78, 5) is 55.3. The maximum atomic E-state index is 13.1. The lowest BCUT2D eigenvalue weighted by Gasteiger charge is -2.19. The minimum Gasteiger partial charge on any atom is -0.497 e. The van der Waals surface area contributed by atoms with Gasteiger partial charge in [-0.15, -0.1) is 5.10 Å². The highest BCUT2D eigenvalue weighted by atomic mass is 32.2. The van der Waals surface area contributed by atoms with Crippen molar-refractivity contribution < 1.29 is 41.8 Å². The second kappa shape index (κ2) is 19.3. The fourth-order valence-corrected chi connectivity index (χ4v) is 7.08. The predicted octanol–water partition coefficient (Wildman–Crippen LogP) is 0.438. The monoisotopic (exact) mass is 781 g/mol. The normalized spacial score (nSPS) is 16.7. The number of unbranched alkanes of at least 4 members (excludes halogenated alkanes) is 1. The van der Waals surface area contributed by atoms with Crippen molar-refractivity contribution in [1.29, 1.82) is 0 Å². The number of rotatable bonds is 22. The van der Waals surface area contributed by atoms with Crippen molar-refractivity contribution in [2.24, 2.45) is 16.6 Å². The number of sulfonamides is 1. The van der Waals surface area contributed by atoms with Gasteiger partial charge in [0.05, 0.1) is 38.0 Å². The molecule has 0 spiro atoms. The Balaban J connectivity index is 0.998. The third kappa shape index (κ3) is 11.3. The Hall–Kier alpha value is -5.40. The van der Waals surface area contributed by atoms with E-state index in [0.717, 1.165) is 24.8 Å². The van der Waals surface area contributed by atoms with E-state index >= 15 is 0 Å². The van der Waals surface area contributed by atoms with Crippen LogP contribution in [-0.4, -0.2) is 112 Å². The summed E-state index contributed by atoms with van der Waals surface area (Å²) in [5.41, 5.74) is 7.30. The summed E-state index contributed by atoms with van der Waals surface area (Å²) in [7, 11) is -2.21. The third-order valence-electron chi connectivity index (χ3n) is 8.89. The van der Waals surface area contributed by atoms with E-state index in [1.807, 2.05) is 31.2 Å². The Morgan fingerprint density at radius 1 is 1.04 bits per heavy atom. The number of fused-ring (bicyclic) bond motifs is 1. The summed E-state index contributed by atoms with van der Waals surface area (Å²) < 4.78 is 45.2. The van der Waals surface area contributed by atoms with E-state index in [-0.39, 0.29) is 55.5 Å². The number of carbonyl (C=O) groups excluding carboxylic acids is 4. The Morgan fingerprint density at radius 2 is 1.82 bits per heavy atom. The number of amides is 4. The van der Waals surface area contributed by atoms with Gasteiger partial charge >= 0.3 is 0 Å². The van der Waals surface area contributed by atoms with E-state index in [1.54, 1.807) is 36.2 Å². The van der Waals surface area contributed by atoms with E-state index in [2.05, 4.69) is 36.0 Å². The minimum atomic E-state index is -3.80. The number of primary amides is 1. The number of nitrogens with zero attached hydrogens (tertiary/aromatic N) is 4. The number of benzene rings is 2. The van der Waals surface area contributed by atoms with Gasteiger partial charge in [-0.05, 0) is 49.4 Å². The van der Waals surface area contributed by atoms with Gasteiger partial charge in [0.2, 0.25) is 23.6 Å². The molecular weight excluding hydrogens is 735 g/mol. The molecule has 0 bridgehead atoms. The number of methoxy groups -OCH3 is 1. The zero-order valence-corrected chi connectivity index (χ0v) is 31.5. The molecule has 6 N–H and O–H groups in total. The molecule has 55 heavy (non-hydrogen) atoms. The molecule has 3 aromatic rings. The number of aromatic nitrogens is 3. The van der Waals surface area contributed by atoms with Crippen LogP contribution in [0.5, 0.6) is 5.75 Å². The molecule has 19 heteroatoms. The molecule has 0 saturated heterocycles. The average molecular weight is 782 g/mol. The van der Waals surface area contributed by atoms with Gasteiger partial charge in [-0.2, -0.15) is 0 Å². The van der Waals surface area contributed by atoms with Crippen molar-refractivity contribution >= 4 is 39.5 Å². The number of nitrogens with one attached hydrogen (secondary N) is 4. The van der Waals surface area contributed by atoms with Gasteiger partial charge in [-0.1, -0.05) is 49.2 Å². The Labute approximate surface area is 319 Å². The largest absolute Gasteiger partial charge is 0.497 e. The van der Waals surface area contributed by atoms with Crippen molar-refractivity contribution in [3.05, 3.63) is 60.3 Å². The standard InChI is InChI=1S/C36H47N9O9S/c1-3-4-11-27(41-34-26-10-5-6-12-30(26)55(50,51)43-34)35(48)39-20-28(33(37)47)40-31(46)22-54-18-17-53-16-15-38-36(49)32(23-13-14-23)45-21-29(42-44-45)24-8-7-9-25(19-24)52-2/h5-10,12,19,21,23,27-28,32H,3-4,11,13-18,20,22H2,1-2H3,(H2,37,47)(H,38,49)(H,39,48)(H,40,46)(H,41,43). The summed E-state index contributed by atoms with van der Waals surface area (Å²) in [6.45, 7) is 1.88. The van der Waals surface area contributed by atoms with E-state index in [9.17, 15) is 27.6 Å². The molecule has 296 valence electrons.